The summed E-state index contributed by atoms with van der Waals surface area (Å²) < 4.78 is 17.1. The Hall–Kier alpha value is -3.10. The van der Waals surface area contributed by atoms with Crippen LogP contribution in [0.25, 0.3) is 11.5 Å². The molecule has 1 amide bonds. The van der Waals surface area contributed by atoms with Crippen molar-refractivity contribution in [2.45, 2.75) is 77.5 Å². The maximum Gasteiger partial charge on any atom is 0.410 e. The molecule has 4 rings (SSSR count). The van der Waals surface area contributed by atoms with Gasteiger partial charge in [0.05, 0.1) is 29.0 Å². The molecule has 178 valence electrons. The predicted octanol–water partition coefficient (Wildman–Crippen LogP) is 4.50. The number of carboxylic acids is 1. The van der Waals surface area contributed by atoms with Crippen LogP contribution in [0.1, 0.15) is 61.9 Å². The number of hydrogen-bond acceptors (Lipinski definition) is 7. The second-order valence-electron chi connectivity index (χ2n) is 9.05. The minimum Gasteiger partial charge on any atom is -0.489 e. The predicted molar refractivity (Wildman–Crippen MR) is 119 cm³/mol. The van der Waals surface area contributed by atoms with E-state index >= 15 is 0 Å². The number of aryl methyl sites for hydroxylation is 2. The van der Waals surface area contributed by atoms with Crippen LogP contribution in [0.4, 0.5) is 4.79 Å². The third kappa shape index (κ3) is 5.12. The Balaban J connectivity index is 1.42. The summed E-state index contributed by atoms with van der Waals surface area (Å²) in [5.41, 5.74) is 2.57. The van der Waals surface area contributed by atoms with Gasteiger partial charge in [0.25, 0.3) is 0 Å². The molecule has 1 N–H and O–H groups in total. The van der Waals surface area contributed by atoms with Crippen LogP contribution in [0.3, 0.4) is 0 Å². The molecule has 0 unspecified atom stereocenters. The molecule has 0 radical (unpaired) electrons. The molecule has 2 aliphatic carbocycles. The molecule has 2 heterocycles. The van der Waals surface area contributed by atoms with Crippen LogP contribution in [0, 0.1) is 19.8 Å². The Kier molecular flexibility index (Phi) is 6.85. The lowest BCUT2D eigenvalue weighted by Crippen LogP contribution is -2.35. The van der Waals surface area contributed by atoms with Gasteiger partial charge in [-0.3, -0.25) is 4.79 Å². The van der Waals surface area contributed by atoms with Gasteiger partial charge < -0.3 is 24.0 Å². The summed E-state index contributed by atoms with van der Waals surface area (Å²) in [7, 11) is 1.78. The number of pyridine rings is 1. The van der Waals surface area contributed by atoms with Crippen LogP contribution in [-0.4, -0.2) is 51.4 Å². The fourth-order valence-electron chi connectivity index (χ4n) is 4.69. The van der Waals surface area contributed by atoms with Crippen molar-refractivity contribution < 1.29 is 28.7 Å². The summed E-state index contributed by atoms with van der Waals surface area (Å²) >= 11 is 0. The summed E-state index contributed by atoms with van der Waals surface area (Å²) in [5, 5.41) is 13.2. The topological polar surface area (TPSA) is 115 Å². The summed E-state index contributed by atoms with van der Waals surface area (Å²) in [6.07, 6.45) is 5.67. The fourth-order valence-corrected chi connectivity index (χ4v) is 4.69. The third-order valence-electron chi connectivity index (χ3n) is 6.78. The number of aliphatic carboxylic acids is 1. The van der Waals surface area contributed by atoms with E-state index in [0.29, 0.717) is 53.4 Å². The second-order valence-corrected chi connectivity index (χ2v) is 9.05. The minimum absolute atomic E-state index is 0.0538. The average molecular weight is 458 g/mol. The zero-order valence-electron chi connectivity index (χ0n) is 19.4. The Morgan fingerprint density at radius 3 is 2.58 bits per heavy atom. The quantitative estimate of drug-likeness (QED) is 0.646. The van der Waals surface area contributed by atoms with E-state index < -0.39 is 5.97 Å². The van der Waals surface area contributed by atoms with E-state index in [1.807, 2.05) is 13.0 Å². The minimum atomic E-state index is -0.769. The molecular weight excluding hydrogens is 426 g/mol. The van der Waals surface area contributed by atoms with Crippen molar-refractivity contribution in [2.75, 3.05) is 7.05 Å². The maximum atomic E-state index is 12.5. The van der Waals surface area contributed by atoms with Gasteiger partial charge >= 0.3 is 12.1 Å². The number of carboxylic acid groups (broad SMARTS) is 1. The fraction of sp³-hybridized carbons (Fsp3) is 0.583. The Morgan fingerprint density at radius 2 is 1.91 bits per heavy atom. The highest BCUT2D eigenvalue weighted by molar-refractivity contribution is 5.70. The lowest BCUT2D eigenvalue weighted by molar-refractivity contribution is -0.141. The van der Waals surface area contributed by atoms with Crippen LogP contribution < -0.4 is 4.74 Å². The number of ether oxygens (including phenoxy) is 2. The molecule has 0 aliphatic heterocycles. The smallest absolute Gasteiger partial charge is 0.410 e. The van der Waals surface area contributed by atoms with E-state index in [1.54, 1.807) is 24.9 Å². The average Bonchev–Trinajstić information content (AvgIpc) is 3.54. The number of rotatable bonds is 7. The van der Waals surface area contributed by atoms with Gasteiger partial charge in [-0.1, -0.05) is 18.0 Å². The van der Waals surface area contributed by atoms with E-state index in [9.17, 15) is 14.7 Å². The summed E-state index contributed by atoms with van der Waals surface area (Å²) in [6, 6.07) is 3.83. The van der Waals surface area contributed by atoms with Crippen molar-refractivity contribution in [1.29, 1.82) is 0 Å². The van der Waals surface area contributed by atoms with Gasteiger partial charge in [0.2, 0.25) is 0 Å². The number of carbonyl (C=O) groups is 2. The van der Waals surface area contributed by atoms with E-state index in [-0.39, 0.29) is 30.8 Å². The number of amides is 1. The molecule has 0 spiro atoms. The summed E-state index contributed by atoms with van der Waals surface area (Å²) in [4.78, 5) is 30.0. The Morgan fingerprint density at radius 1 is 1.15 bits per heavy atom. The second kappa shape index (κ2) is 9.80. The first-order chi connectivity index (χ1) is 15.8. The number of carbonyl (C=O) groups excluding carboxylic acids is 1. The standard InChI is InChI=1S/C24H31N3O6/c1-14-19(13-31-24(30)27(3)17-6-4-5-7-17)22(33-26-14)20-10-11-21(15(2)25-20)32-18-9-8-16(12-18)23(28)29/h10-11,16-18H,4-9,12-13H2,1-3H3,(H,28,29)/t16-,18+/m1/s1. The molecular formula is C24H31N3O6. The van der Waals surface area contributed by atoms with Gasteiger partial charge in [-0.2, -0.15) is 0 Å². The van der Waals surface area contributed by atoms with Crippen molar-refractivity contribution in [3.8, 4) is 17.2 Å². The number of aromatic nitrogens is 2. The van der Waals surface area contributed by atoms with Crippen LogP contribution in [0.5, 0.6) is 5.75 Å². The van der Waals surface area contributed by atoms with Crippen molar-refractivity contribution in [2.24, 2.45) is 5.92 Å². The molecule has 0 saturated heterocycles. The molecule has 2 aliphatic rings. The molecule has 9 nitrogen and oxygen atoms in total. The van der Waals surface area contributed by atoms with E-state index in [1.165, 1.54) is 0 Å². The first-order valence-electron chi connectivity index (χ1n) is 11.6. The summed E-state index contributed by atoms with van der Waals surface area (Å²) in [5.74, 6) is -0.0326. The lowest BCUT2D eigenvalue weighted by Gasteiger charge is -2.23. The van der Waals surface area contributed by atoms with Gasteiger partial charge in [-0.05, 0) is 58.1 Å². The first kappa shape index (κ1) is 23.1. The van der Waals surface area contributed by atoms with Crippen molar-refractivity contribution in [3.63, 3.8) is 0 Å². The van der Waals surface area contributed by atoms with E-state index in [0.717, 1.165) is 25.7 Å². The van der Waals surface area contributed by atoms with Gasteiger partial charge in [0.15, 0.2) is 5.76 Å². The molecule has 2 fully saturated rings. The van der Waals surface area contributed by atoms with Crippen molar-refractivity contribution in [1.82, 2.24) is 15.0 Å². The van der Waals surface area contributed by atoms with Gasteiger partial charge in [0, 0.05) is 13.1 Å². The maximum absolute atomic E-state index is 12.5. The SMILES string of the molecule is Cc1nc(-c2onc(C)c2COC(=O)N(C)C2CCCC2)ccc1O[C@H]1CC[C@@H](C(=O)O)C1. The highest BCUT2D eigenvalue weighted by Crippen LogP contribution is 2.32. The van der Waals surface area contributed by atoms with Crippen LogP contribution in [0.15, 0.2) is 16.7 Å². The van der Waals surface area contributed by atoms with Gasteiger partial charge in [-0.25, -0.2) is 9.78 Å². The lowest BCUT2D eigenvalue weighted by atomic mass is 10.1. The number of hydrogen-bond donors (Lipinski definition) is 1. The van der Waals surface area contributed by atoms with E-state index in [4.69, 9.17) is 14.0 Å². The van der Waals surface area contributed by atoms with Crippen molar-refractivity contribution >= 4 is 12.1 Å². The molecule has 2 aromatic heterocycles. The zero-order valence-corrected chi connectivity index (χ0v) is 19.4. The van der Waals surface area contributed by atoms with Crippen LogP contribution in [-0.2, 0) is 16.1 Å². The molecule has 2 atom stereocenters. The largest absolute Gasteiger partial charge is 0.489 e. The van der Waals surface area contributed by atoms with Crippen LogP contribution in [0.2, 0.25) is 0 Å². The van der Waals surface area contributed by atoms with E-state index in [2.05, 4.69) is 10.1 Å². The van der Waals surface area contributed by atoms with Gasteiger partial charge in [0.1, 0.15) is 18.1 Å². The highest BCUT2D eigenvalue weighted by Gasteiger charge is 2.31. The molecule has 2 saturated carbocycles. The van der Waals surface area contributed by atoms with Gasteiger partial charge in [-0.15, -0.1) is 0 Å². The number of nitrogens with zero attached hydrogens (tertiary/aromatic N) is 3. The molecule has 0 bridgehead atoms. The Labute approximate surface area is 193 Å². The molecule has 0 aromatic carbocycles. The first-order valence-corrected chi connectivity index (χ1v) is 11.6. The third-order valence-corrected chi connectivity index (χ3v) is 6.78. The van der Waals surface area contributed by atoms with Crippen molar-refractivity contribution in [3.05, 3.63) is 29.1 Å². The molecule has 9 heteroatoms. The zero-order chi connectivity index (χ0) is 23.5. The normalized spacial score (nSPS) is 20.7. The molecule has 33 heavy (non-hydrogen) atoms. The monoisotopic (exact) mass is 457 g/mol. The Bertz CT molecular complexity index is 1010. The molecule has 2 aromatic rings. The summed E-state index contributed by atoms with van der Waals surface area (Å²) in [6.45, 7) is 3.69. The highest BCUT2D eigenvalue weighted by atomic mass is 16.6. The van der Waals surface area contributed by atoms with Crippen LogP contribution >= 0.6 is 0 Å².